The Bertz CT molecular complexity index is 510. The molecule has 0 atom stereocenters. The molecule has 1 N–H and O–H groups in total. The van der Waals surface area contributed by atoms with E-state index in [2.05, 4.69) is 20.7 Å². The summed E-state index contributed by atoms with van der Waals surface area (Å²) in [6.07, 6.45) is 0. The second-order valence-electron chi connectivity index (χ2n) is 2.65. The fraction of sp³-hybridized carbons (Fsp3) is 0.125. The molecule has 80 valence electrons. The normalized spacial score (nSPS) is 10.7. The molecule has 0 bridgehead atoms. The van der Waals surface area contributed by atoms with E-state index in [1.54, 1.807) is 0 Å². The maximum atomic E-state index is 13.0. The lowest BCUT2D eigenvalue weighted by Crippen LogP contribution is -2.15. The zero-order valence-electron chi connectivity index (χ0n) is 7.37. The molecule has 0 spiro atoms. The van der Waals surface area contributed by atoms with Crippen molar-refractivity contribution >= 4 is 31.6 Å². The van der Waals surface area contributed by atoms with Crippen LogP contribution >= 0.6 is 15.9 Å². The van der Waals surface area contributed by atoms with E-state index in [9.17, 15) is 12.8 Å². The van der Waals surface area contributed by atoms with Crippen LogP contribution in [0.25, 0.3) is 0 Å². The summed E-state index contributed by atoms with van der Waals surface area (Å²) in [6, 6.07) is 5.29. The number of benzene rings is 1. The Kier molecular flexibility index (Phi) is 3.66. The molecule has 0 aliphatic heterocycles. The maximum Gasteiger partial charge on any atom is 0.246 e. The summed E-state index contributed by atoms with van der Waals surface area (Å²) in [6.45, 7) is 0. The van der Waals surface area contributed by atoms with E-state index >= 15 is 0 Å². The molecule has 0 saturated carbocycles. The summed E-state index contributed by atoms with van der Waals surface area (Å²) in [5.74, 6) is -1.24. The summed E-state index contributed by atoms with van der Waals surface area (Å²) >= 11 is 2.94. The van der Waals surface area contributed by atoms with Crippen LogP contribution < -0.4 is 4.72 Å². The SMILES string of the molecule is N#CCS(=O)(=O)Nc1ccc(Br)c(F)c1. The zero-order chi connectivity index (χ0) is 11.5. The van der Waals surface area contributed by atoms with Gasteiger partial charge in [0.05, 0.1) is 16.2 Å². The first-order chi connectivity index (χ1) is 6.94. The summed E-state index contributed by atoms with van der Waals surface area (Å²) in [5.41, 5.74) is 0.0888. The maximum absolute atomic E-state index is 13.0. The summed E-state index contributed by atoms with van der Waals surface area (Å²) in [4.78, 5) is 0. The fourth-order valence-corrected chi connectivity index (χ4v) is 1.84. The van der Waals surface area contributed by atoms with Gasteiger partial charge in [-0.1, -0.05) is 0 Å². The van der Waals surface area contributed by atoms with Crippen molar-refractivity contribution in [3.63, 3.8) is 0 Å². The number of sulfonamides is 1. The third kappa shape index (κ3) is 3.49. The monoisotopic (exact) mass is 292 g/mol. The van der Waals surface area contributed by atoms with Gasteiger partial charge in [-0.15, -0.1) is 0 Å². The van der Waals surface area contributed by atoms with Crippen molar-refractivity contribution < 1.29 is 12.8 Å². The standard InChI is InChI=1S/C8H6BrFN2O2S/c9-7-2-1-6(5-8(7)10)12-15(13,14)4-3-11/h1-2,5,12H,4H2. The Morgan fingerprint density at radius 3 is 2.73 bits per heavy atom. The fourth-order valence-electron chi connectivity index (χ4n) is 0.860. The van der Waals surface area contributed by atoms with E-state index in [0.29, 0.717) is 0 Å². The lowest BCUT2D eigenvalue weighted by atomic mass is 10.3. The van der Waals surface area contributed by atoms with Gasteiger partial charge in [0.1, 0.15) is 5.82 Å². The molecule has 1 aromatic carbocycles. The Morgan fingerprint density at radius 1 is 1.53 bits per heavy atom. The largest absolute Gasteiger partial charge is 0.283 e. The van der Waals surface area contributed by atoms with Gasteiger partial charge < -0.3 is 0 Å². The van der Waals surface area contributed by atoms with Crippen molar-refractivity contribution in [2.75, 3.05) is 10.5 Å². The lowest BCUT2D eigenvalue weighted by molar-refractivity contribution is 0.604. The van der Waals surface area contributed by atoms with Crippen LogP contribution in [0.4, 0.5) is 10.1 Å². The smallest absolute Gasteiger partial charge is 0.246 e. The molecule has 4 nitrogen and oxygen atoms in total. The van der Waals surface area contributed by atoms with Gasteiger partial charge >= 0.3 is 0 Å². The number of rotatable bonds is 3. The molecule has 0 fully saturated rings. The van der Waals surface area contributed by atoms with E-state index in [4.69, 9.17) is 5.26 Å². The van der Waals surface area contributed by atoms with E-state index in [1.807, 2.05) is 0 Å². The minimum absolute atomic E-state index is 0.0888. The molecule has 15 heavy (non-hydrogen) atoms. The minimum atomic E-state index is -3.71. The highest BCUT2D eigenvalue weighted by molar-refractivity contribution is 9.10. The predicted octanol–water partition coefficient (Wildman–Crippen LogP) is 1.85. The Hall–Kier alpha value is -1.13. The number of hydrogen-bond donors (Lipinski definition) is 1. The van der Waals surface area contributed by atoms with Crippen LogP contribution in [0.2, 0.25) is 0 Å². The lowest BCUT2D eigenvalue weighted by Gasteiger charge is -2.05. The number of anilines is 1. The van der Waals surface area contributed by atoms with Crippen molar-refractivity contribution in [3.8, 4) is 6.07 Å². The van der Waals surface area contributed by atoms with Crippen LogP contribution in [-0.4, -0.2) is 14.2 Å². The Labute approximate surface area is 94.9 Å². The summed E-state index contributed by atoms with van der Waals surface area (Å²) in [5, 5.41) is 8.23. The Morgan fingerprint density at radius 2 is 2.20 bits per heavy atom. The zero-order valence-corrected chi connectivity index (χ0v) is 9.77. The van der Waals surface area contributed by atoms with Crippen LogP contribution in [0.5, 0.6) is 0 Å². The minimum Gasteiger partial charge on any atom is -0.283 e. The van der Waals surface area contributed by atoms with E-state index in [0.717, 1.165) is 6.07 Å². The molecule has 0 amide bonds. The second-order valence-corrected chi connectivity index (χ2v) is 5.22. The van der Waals surface area contributed by atoms with Gasteiger partial charge in [0.15, 0.2) is 5.75 Å². The van der Waals surface area contributed by atoms with Gasteiger partial charge in [-0.05, 0) is 34.1 Å². The molecule has 0 saturated heterocycles. The van der Waals surface area contributed by atoms with E-state index in [-0.39, 0.29) is 10.2 Å². The first-order valence-electron chi connectivity index (χ1n) is 3.77. The van der Waals surface area contributed by atoms with Crippen LogP contribution in [0.3, 0.4) is 0 Å². The number of hydrogen-bond acceptors (Lipinski definition) is 3. The molecule has 0 heterocycles. The highest BCUT2D eigenvalue weighted by Crippen LogP contribution is 2.19. The molecule has 0 unspecified atom stereocenters. The van der Waals surface area contributed by atoms with Crippen LogP contribution in [0.1, 0.15) is 0 Å². The van der Waals surface area contributed by atoms with Crippen molar-refractivity contribution in [1.82, 2.24) is 0 Å². The average Bonchev–Trinajstić information content (AvgIpc) is 2.10. The van der Waals surface area contributed by atoms with Crippen molar-refractivity contribution in [1.29, 1.82) is 5.26 Å². The van der Waals surface area contributed by atoms with Gasteiger partial charge in [-0.25, -0.2) is 12.8 Å². The average molecular weight is 293 g/mol. The molecule has 1 aromatic rings. The predicted molar refractivity (Wildman–Crippen MR) is 57.1 cm³/mol. The third-order valence-electron chi connectivity index (χ3n) is 1.45. The summed E-state index contributed by atoms with van der Waals surface area (Å²) in [7, 11) is -3.71. The summed E-state index contributed by atoms with van der Waals surface area (Å²) < 4.78 is 37.6. The third-order valence-corrected chi connectivity index (χ3v) is 3.15. The first kappa shape index (κ1) is 11.9. The van der Waals surface area contributed by atoms with Crippen LogP contribution in [0.15, 0.2) is 22.7 Å². The highest BCUT2D eigenvalue weighted by Gasteiger charge is 2.10. The van der Waals surface area contributed by atoms with Gasteiger partial charge in [-0.2, -0.15) is 5.26 Å². The Balaban J connectivity index is 2.92. The number of nitrogens with one attached hydrogen (secondary N) is 1. The molecule has 0 radical (unpaired) electrons. The topological polar surface area (TPSA) is 70.0 Å². The quantitative estimate of drug-likeness (QED) is 0.924. The molecule has 7 heteroatoms. The van der Waals surface area contributed by atoms with Crippen molar-refractivity contribution in [3.05, 3.63) is 28.5 Å². The van der Waals surface area contributed by atoms with Crippen molar-refractivity contribution in [2.45, 2.75) is 0 Å². The molecule has 1 rings (SSSR count). The molecular formula is C8H6BrFN2O2S. The van der Waals surface area contributed by atoms with Gasteiger partial charge in [0.2, 0.25) is 10.0 Å². The first-order valence-corrected chi connectivity index (χ1v) is 6.21. The number of nitriles is 1. The van der Waals surface area contributed by atoms with Crippen LogP contribution in [-0.2, 0) is 10.0 Å². The number of nitrogens with zero attached hydrogens (tertiary/aromatic N) is 1. The molecular weight excluding hydrogens is 287 g/mol. The second kappa shape index (κ2) is 4.59. The van der Waals surface area contributed by atoms with Crippen LogP contribution in [0, 0.1) is 17.1 Å². The molecule has 0 aliphatic rings. The van der Waals surface area contributed by atoms with E-state index in [1.165, 1.54) is 18.2 Å². The highest BCUT2D eigenvalue weighted by atomic mass is 79.9. The molecule has 0 aromatic heterocycles. The van der Waals surface area contributed by atoms with E-state index < -0.39 is 21.6 Å². The number of halogens is 2. The molecule has 0 aliphatic carbocycles. The van der Waals surface area contributed by atoms with Gasteiger partial charge in [0.25, 0.3) is 0 Å². The van der Waals surface area contributed by atoms with Crippen molar-refractivity contribution in [2.24, 2.45) is 0 Å². The van der Waals surface area contributed by atoms with Gasteiger partial charge in [0, 0.05) is 0 Å². The van der Waals surface area contributed by atoms with Gasteiger partial charge in [-0.3, -0.25) is 4.72 Å².